The van der Waals surface area contributed by atoms with Gasteiger partial charge in [-0.2, -0.15) is 0 Å². The summed E-state index contributed by atoms with van der Waals surface area (Å²) in [6.45, 7) is 2.84. The van der Waals surface area contributed by atoms with E-state index < -0.39 is 5.92 Å². The number of benzene rings is 2. The van der Waals surface area contributed by atoms with Crippen LogP contribution in [0.3, 0.4) is 0 Å². The number of rotatable bonds is 6. The monoisotopic (exact) mass is 471 g/mol. The molecule has 2 saturated heterocycles. The molecule has 2 heterocycles. The third kappa shape index (κ3) is 4.48. The van der Waals surface area contributed by atoms with E-state index in [9.17, 15) is 14.4 Å². The first-order chi connectivity index (χ1) is 15.8. The minimum Gasteiger partial charge on any atom is -0.495 e. The summed E-state index contributed by atoms with van der Waals surface area (Å²) in [5.74, 6) is 0.0419. The van der Waals surface area contributed by atoms with Crippen molar-refractivity contribution in [1.82, 2.24) is 0 Å². The van der Waals surface area contributed by atoms with E-state index in [1.807, 2.05) is 19.1 Å². The van der Waals surface area contributed by atoms with Gasteiger partial charge in [-0.25, -0.2) is 0 Å². The lowest BCUT2D eigenvalue weighted by Gasteiger charge is -2.21. The number of anilines is 3. The molecular weight excluding hydrogens is 446 g/mol. The van der Waals surface area contributed by atoms with Crippen LogP contribution in [0, 0.1) is 12.8 Å². The van der Waals surface area contributed by atoms with Crippen molar-refractivity contribution in [1.29, 1.82) is 0 Å². The first-order valence-corrected chi connectivity index (χ1v) is 11.1. The highest BCUT2D eigenvalue weighted by atomic mass is 35.5. The van der Waals surface area contributed by atoms with Crippen molar-refractivity contribution in [2.75, 3.05) is 42.4 Å². The molecule has 8 nitrogen and oxygen atoms in total. The average Bonchev–Trinajstić information content (AvgIpc) is 3.39. The summed E-state index contributed by atoms with van der Waals surface area (Å²) < 4.78 is 10.6. The molecule has 0 bridgehead atoms. The Bertz CT molecular complexity index is 1120. The lowest BCUT2D eigenvalue weighted by molar-refractivity contribution is -0.122. The number of nitrogens with one attached hydrogen (secondary N) is 1. The number of aryl methyl sites for hydroxylation is 1. The zero-order chi connectivity index (χ0) is 23.7. The fraction of sp³-hybridized carbons (Fsp3) is 0.375. The molecule has 0 spiro atoms. The Morgan fingerprint density at radius 2 is 1.79 bits per heavy atom. The molecule has 2 aromatic carbocycles. The van der Waals surface area contributed by atoms with Crippen molar-refractivity contribution < 1.29 is 23.9 Å². The van der Waals surface area contributed by atoms with Crippen LogP contribution in [0.5, 0.6) is 11.5 Å². The van der Waals surface area contributed by atoms with Crippen LogP contribution in [0.15, 0.2) is 30.3 Å². The van der Waals surface area contributed by atoms with Gasteiger partial charge in [-0.05, 0) is 43.2 Å². The van der Waals surface area contributed by atoms with Gasteiger partial charge in [-0.1, -0.05) is 11.6 Å². The zero-order valence-corrected chi connectivity index (χ0v) is 19.6. The maximum atomic E-state index is 12.9. The predicted octanol–water partition coefficient (Wildman–Crippen LogP) is 3.78. The fourth-order valence-corrected chi connectivity index (χ4v) is 4.59. The van der Waals surface area contributed by atoms with Crippen LogP contribution in [0.4, 0.5) is 17.1 Å². The average molecular weight is 472 g/mol. The van der Waals surface area contributed by atoms with Crippen LogP contribution in [-0.4, -0.2) is 45.0 Å². The maximum absolute atomic E-state index is 12.9. The van der Waals surface area contributed by atoms with Gasteiger partial charge >= 0.3 is 0 Å². The number of methoxy groups -OCH3 is 2. The summed E-state index contributed by atoms with van der Waals surface area (Å²) in [5, 5.41) is 3.25. The summed E-state index contributed by atoms with van der Waals surface area (Å²) >= 11 is 6.25. The molecule has 4 rings (SSSR count). The van der Waals surface area contributed by atoms with E-state index in [1.165, 1.54) is 19.1 Å². The zero-order valence-electron chi connectivity index (χ0n) is 18.8. The topological polar surface area (TPSA) is 88.2 Å². The number of carbonyl (C=O) groups is 3. The van der Waals surface area contributed by atoms with E-state index in [2.05, 4.69) is 5.32 Å². The Kier molecular flexibility index (Phi) is 6.47. The van der Waals surface area contributed by atoms with Crippen LogP contribution < -0.4 is 24.6 Å². The van der Waals surface area contributed by atoms with Gasteiger partial charge in [-0.3, -0.25) is 14.4 Å². The molecule has 2 aromatic rings. The van der Waals surface area contributed by atoms with Gasteiger partial charge in [0.1, 0.15) is 11.5 Å². The lowest BCUT2D eigenvalue weighted by Crippen LogP contribution is -2.28. The molecule has 0 saturated carbocycles. The molecule has 2 aliphatic rings. The Morgan fingerprint density at radius 3 is 2.42 bits per heavy atom. The minimum atomic E-state index is -0.525. The molecule has 0 aromatic heterocycles. The molecule has 2 aliphatic heterocycles. The lowest BCUT2D eigenvalue weighted by atomic mass is 10.1. The van der Waals surface area contributed by atoms with E-state index in [0.717, 1.165) is 17.7 Å². The van der Waals surface area contributed by atoms with Crippen molar-refractivity contribution in [3.8, 4) is 11.5 Å². The Labute approximate surface area is 197 Å². The van der Waals surface area contributed by atoms with E-state index >= 15 is 0 Å². The normalized spacial score (nSPS) is 18.1. The highest BCUT2D eigenvalue weighted by Crippen LogP contribution is 2.40. The summed E-state index contributed by atoms with van der Waals surface area (Å²) in [6.07, 6.45) is 1.50. The highest BCUT2D eigenvalue weighted by molar-refractivity contribution is 6.32. The Morgan fingerprint density at radius 1 is 1.03 bits per heavy atom. The number of carbonyl (C=O) groups excluding carboxylic acids is 3. The summed E-state index contributed by atoms with van der Waals surface area (Å²) in [6, 6.07) is 8.71. The van der Waals surface area contributed by atoms with Crippen molar-refractivity contribution >= 4 is 46.4 Å². The largest absolute Gasteiger partial charge is 0.495 e. The molecule has 2 fully saturated rings. The molecular formula is C24H26ClN3O5. The summed E-state index contributed by atoms with van der Waals surface area (Å²) in [5.41, 5.74) is 2.90. The van der Waals surface area contributed by atoms with Gasteiger partial charge in [0.05, 0.1) is 30.8 Å². The standard InChI is InChI=1S/C24H26ClN3O5/c1-14-9-16(6-7-18(14)27-8-4-5-22(27)29)26-24(31)15-10-23(30)28(13-15)19-11-17(25)20(32-2)12-21(19)33-3/h6-7,9,11-12,15H,4-5,8,10,13H2,1-3H3,(H,26,31)/t15-/m1/s1. The van der Waals surface area contributed by atoms with E-state index in [4.69, 9.17) is 21.1 Å². The molecule has 3 amide bonds. The number of nitrogens with zero attached hydrogens (tertiary/aromatic N) is 2. The number of hydrogen-bond donors (Lipinski definition) is 1. The van der Waals surface area contributed by atoms with E-state index in [-0.39, 0.29) is 30.7 Å². The minimum absolute atomic E-state index is 0.0813. The third-order valence-corrected chi connectivity index (χ3v) is 6.36. The van der Waals surface area contributed by atoms with Gasteiger partial charge < -0.3 is 24.6 Å². The van der Waals surface area contributed by atoms with Crippen LogP contribution in [0.2, 0.25) is 5.02 Å². The van der Waals surface area contributed by atoms with Crippen LogP contribution in [-0.2, 0) is 14.4 Å². The number of halogens is 1. The third-order valence-electron chi connectivity index (χ3n) is 6.07. The molecule has 0 unspecified atom stereocenters. The highest BCUT2D eigenvalue weighted by Gasteiger charge is 2.37. The summed E-state index contributed by atoms with van der Waals surface area (Å²) in [7, 11) is 3.00. The van der Waals surface area contributed by atoms with Gasteiger partial charge in [0.2, 0.25) is 17.7 Å². The maximum Gasteiger partial charge on any atom is 0.229 e. The molecule has 9 heteroatoms. The van der Waals surface area contributed by atoms with Crippen LogP contribution in [0.1, 0.15) is 24.8 Å². The second kappa shape index (κ2) is 9.31. The molecule has 0 radical (unpaired) electrons. The second-order valence-corrected chi connectivity index (χ2v) is 8.61. The van der Waals surface area contributed by atoms with Gasteiger partial charge in [0.15, 0.2) is 0 Å². The van der Waals surface area contributed by atoms with Gasteiger partial charge in [0.25, 0.3) is 0 Å². The van der Waals surface area contributed by atoms with Gasteiger partial charge in [-0.15, -0.1) is 0 Å². The second-order valence-electron chi connectivity index (χ2n) is 8.20. The number of ether oxygens (including phenoxy) is 2. The van der Waals surface area contributed by atoms with Crippen molar-refractivity contribution in [2.45, 2.75) is 26.2 Å². The molecule has 174 valence electrons. The van der Waals surface area contributed by atoms with Gasteiger partial charge in [0, 0.05) is 43.4 Å². The van der Waals surface area contributed by atoms with E-state index in [1.54, 1.807) is 23.1 Å². The Balaban J connectivity index is 1.47. The van der Waals surface area contributed by atoms with Crippen molar-refractivity contribution in [2.24, 2.45) is 5.92 Å². The number of hydrogen-bond acceptors (Lipinski definition) is 5. The SMILES string of the molecule is COc1cc(OC)c(N2C[C@H](C(=O)Nc3ccc(N4CCCC4=O)c(C)c3)CC2=O)cc1Cl. The summed E-state index contributed by atoms with van der Waals surface area (Å²) in [4.78, 5) is 41.0. The fourth-order valence-electron chi connectivity index (χ4n) is 4.35. The van der Waals surface area contributed by atoms with Crippen LogP contribution >= 0.6 is 11.6 Å². The Hall–Kier alpha value is -3.26. The number of amides is 3. The first kappa shape index (κ1) is 22.9. The van der Waals surface area contributed by atoms with Crippen molar-refractivity contribution in [3.63, 3.8) is 0 Å². The first-order valence-electron chi connectivity index (χ1n) is 10.8. The van der Waals surface area contributed by atoms with E-state index in [0.29, 0.717) is 40.9 Å². The molecule has 33 heavy (non-hydrogen) atoms. The smallest absolute Gasteiger partial charge is 0.229 e. The quantitative estimate of drug-likeness (QED) is 0.692. The van der Waals surface area contributed by atoms with Crippen LogP contribution in [0.25, 0.3) is 0 Å². The molecule has 1 N–H and O–H groups in total. The van der Waals surface area contributed by atoms with Crippen molar-refractivity contribution in [3.05, 3.63) is 40.9 Å². The molecule has 1 atom stereocenters. The predicted molar refractivity (Wildman–Crippen MR) is 126 cm³/mol. The molecule has 0 aliphatic carbocycles.